The number of aromatic hydroxyl groups is 3. The Kier molecular flexibility index (Phi) is 23.6. The number of likely N-dealkylation sites (N-methyl/N-ethyl adjacent to an activating group) is 1. The zero-order chi connectivity index (χ0) is 78.1. The molecule has 0 saturated carbocycles. The predicted octanol–water partition coefficient (Wildman–Crippen LogP) is 1.62. The lowest BCUT2D eigenvalue weighted by Gasteiger charge is -2.47. The molecule has 108 heavy (non-hydrogen) atoms. The first-order valence-corrected chi connectivity index (χ1v) is 34.6. The number of aliphatic hydroxyl groups excluding tert-OH is 6. The maximum Gasteiger partial charge on any atom is 0.330 e. The maximum atomic E-state index is 16.2. The number of fused-ring (bicyclic) bond motifs is 15. The molecular formula is C74H82ClN9O24. The minimum Gasteiger partial charge on any atom is -0.508 e. The minimum atomic E-state index is -2.35. The monoisotopic (exact) mass is 1520 g/mol. The lowest BCUT2D eigenvalue weighted by molar-refractivity contribution is -0.333. The van der Waals surface area contributed by atoms with E-state index in [0.29, 0.717) is 5.56 Å². The van der Waals surface area contributed by atoms with E-state index in [-0.39, 0.29) is 57.5 Å². The first-order valence-electron chi connectivity index (χ1n) is 34.3. The van der Waals surface area contributed by atoms with Gasteiger partial charge in [0.1, 0.15) is 89.5 Å². The molecule has 7 heterocycles. The Morgan fingerprint density at radius 1 is 0.713 bits per heavy atom. The fourth-order valence-corrected chi connectivity index (χ4v) is 13.7. The summed E-state index contributed by atoms with van der Waals surface area (Å²) < 4.78 is 39.2. The molecular weight excluding hydrogens is 1430 g/mol. The highest BCUT2D eigenvalue weighted by Gasteiger charge is 2.52. The number of ether oxygens (including phenoxy) is 6. The third-order valence-electron chi connectivity index (χ3n) is 19.1. The number of hydrogen-bond acceptors (Lipinski definition) is 25. The predicted molar refractivity (Wildman–Crippen MR) is 380 cm³/mol. The molecule has 7 aliphatic heterocycles. The summed E-state index contributed by atoms with van der Waals surface area (Å²) in [6.07, 6.45) is -15.5. The van der Waals surface area contributed by atoms with Crippen molar-refractivity contribution in [2.75, 3.05) is 13.7 Å². The number of carboxylic acid groups (broad SMARTS) is 1. The Bertz CT molecular complexity index is 4490. The van der Waals surface area contributed by atoms with Crippen molar-refractivity contribution in [2.45, 2.75) is 156 Å². The van der Waals surface area contributed by atoms with Crippen LogP contribution in [0.3, 0.4) is 0 Å². The van der Waals surface area contributed by atoms with Gasteiger partial charge in [0.2, 0.25) is 53.4 Å². The molecule has 0 aliphatic carbocycles. The van der Waals surface area contributed by atoms with Crippen LogP contribution in [0.2, 0.25) is 5.02 Å². The van der Waals surface area contributed by atoms with Gasteiger partial charge in [-0.3, -0.25) is 33.6 Å². The summed E-state index contributed by atoms with van der Waals surface area (Å²) in [7, 11) is 1.48. The van der Waals surface area contributed by atoms with Gasteiger partial charge in [-0.2, -0.15) is 0 Å². The van der Waals surface area contributed by atoms with Crippen LogP contribution in [-0.4, -0.2) is 191 Å². The Morgan fingerprint density at radius 3 is 2.01 bits per heavy atom. The normalized spacial score (nSPS) is 28.3. The molecule has 6 aromatic carbocycles. The lowest BCUT2D eigenvalue weighted by atomic mass is 9.86. The van der Waals surface area contributed by atoms with Crippen LogP contribution >= 0.6 is 11.6 Å². The van der Waals surface area contributed by atoms with E-state index in [4.69, 9.17) is 51.5 Å². The summed E-state index contributed by atoms with van der Waals surface area (Å²) in [6, 6.07) is 8.65. The fraction of sp³-hybridized carbons (Fsp3) is 0.378. The molecule has 34 heteroatoms. The van der Waals surface area contributed by atoms with E-state index < -0.39 is 226 Å². The fourth-order valence-electron chi connectivity index (χ4n) is 13.4. The van der Waals surface area contributed by atoms with Crippen LogP contribution in [0.5, 0.6) is 46.0 Å². The number of aliphatic hydroxyl groups is 6. The third kappa shape index (κ3) is 16.9. The Labute approximate surface area is 621 Å². The van der Waals surface area contributed by atoms with Gasteiger partial charge in [0.25, 0.3) is 0 Å². The average molecular weight is 1520 g/mol. The summed E-state index contributed by atoms with van der Waals surface area (Å²) >= 11 is 7.16. The number of benzene rings is 6. The van der Waals surface area contributed by atoms with Gasteiger partial charge in [-0.05, 0) is 116 Å². The van der Waals surface area contributed by atoms with Crippen molar-refractivity contribution in [3.8, 4) is 57.1 Å². The summed E-state index contributed by atoms with van der Waals surface area (Å²) in [5, 5.41) is 133. The number of phenols is 3. The lowest BCUT2D eigenvalue weighted by Crippen LogP contribution is -2.64. The number of carbonyl (C=O) groups excluding carboxylic acids is 7. The highest BCUT2D eigenvalue weighted by Crippen LogP contribution is 2.50. The number of aliphatic carboxylic acids is 1. The van der Waals surface area contributed by atoms with E-state index in [1.54, 1.807) is 36.4 Å². The number of amides is 7. The summed E-state index contributed by atoms with van der Waals surface area (Å²) in [5.74, 6) is -15.6. The quantitative estimate of drug-likeness (QED) is 0.0650. The number of carboxylic acids is 1. The van der Waals surface area contributed by atoms with Crippen molar-refractivity contribution in [1.29, 1.82) is 0 Å². The van der Waals surface area contributed by atoms with Crippen molar-refractivity contribution in [2.24, 2.45) is 17.4 Å². The summed E-state index contributed by atoms with van der Waals surface area (Å²) in [5.41, 5.74) is 8.84. The van der Waals surface area contributed by atoms with Crippen molar-refractivity contribution in [1.82, 2.24) is 37.2 Å². The highest BCUT2D eigenvalue weighted by atomic mass is 35.5. The van der Waals surface area contributed by atoms with Gasteiger partial charge in [0.15, 0.2) is 29.9 Å². The molecule has 574 valence electrons. The van der Waals surface area contributed by atoms with Gasteiger partial charge in [-0.25, -0.2) is 4.79 Å². The van der Waals surface area contributed by atoms with Crippen molar-refractivity contribution < 1.29 is 118 Å². The number of nitrogens with one attached hydrogen (secondary N) is 7. The molecule has 0 spiro atoms. The first kappa shape index (κ1) is 78.5. The smallest absolute Gasteiger partial charge is 0.330 e. The van der Waals surface area contributed by atoms with E-state index in [9.17, 15) is 70.2 Å². The van der Waals surface area contributed by atoms with Crippen molar-refractivity contribution >= 4 is 71.1 Å². The molecule has 0 radical (unpaired) electrons. The summed E-state index contributed by atoms with van der Waals surface area (Å²) in [4.78, 5) is 118. The second kappa shape index (κ2) is 32.5. The number of nitrogens with two attached hydrogens (primary N) is 2. The van der Waals surface area contributed by atoms with Crippen LogP contribution in [0.25, 0.3) is 23.3 Å². The number of rotatable bonds is 15. The largest absolute Gasteiger partial charge is 0.508 e. The first-order chi connectivity index (χ1) is 51.2. The Morgan fingerprint density at radius 2 is 1.36 bits per heavy atom. The average Bonchev–Trinajstić information content (AvgIpc) is 0.762. The van der Waals surface area contributed by atoms with Gasteiger partial charge < -0.3 is 128 Å². The Balaban J connectivity index is 1.20. The molecule has 11 bridgehead atoms. The molecule has 33 nitrogen and oxygen atoms in total. The van der Waals surface area contributed by atoms with Gasteiger partial charge >= 0.3 is 5.97 Å². The standard InChI is InChI=1S/C74H82ClN9O24/c1-30(2)19-42(78-5)66(95)83-57-60(91)36-15-18-47(41(75)22-36)105-49-24-37-23-48(63(49)108-73-64(62(93)61(92)50(29-85)106-73)107-52-28-74(4,77)65(94)31(3)103-52)104-46-17-14-35(20-33(46)12-11-32-9-7-6-8-10-32)59(90)58-71(100)82-56(72(101)102)40-25-38(86)26-45(88)53(40)39-21-34(13-16-44(39)87)54(68(97)84-58)81-69(98)55(37)80-67(96)43(27-51(76)89)79-70(57)99/h6-18,20-26,30-31,42-43,50,52,54-62,64-65,73,78,85-88,90-94H,19,27-29,77H2,1-5H3,(H2,76,89)(H,79,99)(H,80,96)(H,81,98)(H,82,100)(H,83,95)(H,84,97)(H,101,102)/b12-11+/t31-,42+,43-,50+,52-,54+,55+,56-,57+,58-,59+,60+,61+,62-,64+,65+,73-,74-/m0/s1. The number of carbonyl (C=O) groups is 8. The van der Waals surface area contributed by atoms with E-state index in [2.05, 4.69) is 37.2 Å². The van der Waals surface area contributed by atoms with Crippen LogP contribution in [0.4, 0.5) is 0 Å². The summed E-state index contributed by atoms with van der Waals surface area (Å²) in [6.45, 7) is 5.70. The van der Waals surface area contributed by atoms with Crippen LogP contribution in [0, 0.1) is 5.92 Å². The minimum absolute atomic E-state index is 0.00114. The topological polar surface area (TPSA) is 530 Å². The Hall–Kier alpha value is -10.5. The molecule has 2 fully saturated rings. The molecule has 21 N–H and O–H groups in total. The van der Waals surface area contributed by atoms with Gasteiger partial charge in [0, 0.05) is 40.3 Å². The van der Waals surface area contributed by atoms with Gasteiger partial charge in [-0.1, -0.05) is 86.1 Å². The molecule has 0 aromatic heterocycles. The van der Waals surface area contributed by atoms with Crippen LogP contribution in [-0.2, 0) is 52.6 Å². The van der Waals surface area contributed by atoms with E-state index >= 15 is 19.2 Å². The van der Waals surface area contributed by atoms with Crippen molar-refractivity contribution in [3.63, 3.8) is 0 Å². The van der Waals surface area contributed by atoms with Crippen molar-refractivity contribution in [3.05, 3.63) is 153 Å². The molecule has 0 unspecified atom stereocenters. The zero-order valence-corrected chi connectivity index (χ0v) is 59.2. The zero-order valence-electron chi connectivity index (χ0n) is 58.5. The van der Waals surface area contributed by atoms with Gasteiger partial charge in [-0.15, -0.1) is 0 Å². The van der Waals surface area contributed by atoms with E-state index in [1.165, 1.54) is 57.3 Å². The third-order valence-corrected chi connectivity index (χ3v) is 19.4. The van der Waals surface area contributed by atoms with E-state index in [0.717, 1.165) is 48.5 Å². The van der Waals surface area contributed by atoms with Crippen LogP contribution in [0.15, 0.2) is 109 Å². The van der Waals surface area contributed by atoms with Crippen LogP contribution < -0.4 is 62.9 Å². The molecule has 7 amide bonds. The second-order valence-electron chi connectivity index (χ2n) is 27.6. The molecule has 6 aromatic rings. The van der Waals surface area contributed by atoms with E-state index in [1.807, 2.05) is 13.8 Å². The molecule has 7 aliphatic rings. The molecule has 18 atom stereocenters. The second-order valence-corrected chi connectivity index (χ2v) is 28.0. The number of hydrogen-bond donors (Lipinski definition) is 19. The van der Waals surface area contributed by atoms with Gasteiger partial charge in [0.05, 0.1) is 36.3 Å². The molecule has 2 saturated heterocycles. The van der Waals surface area contributed by atoms with Crippen LogP contribution in [0.1, 0.15) is 116 Å². The number of halogens is 1. The SMILES string of the molecule is CN[C@H](CC(C)C)C(=O)N[C@H]1C(=O)N[C@@H](CC(N)=O)C(=O)N[C@H]2C(=O)N[C@H]3C(=O)N[C@H](C(=O)N[C@H](C(=O)O)c4cc(O)cc(O)c4-c4cc3ccc4O)[C@H](O)c3ccc(c(/C=C/c4ccccc4)c3)Oc3cc2cc(c3O[C@@H]2O[C@H](CO)[C@@H](O)[C@H](O)[C@H]2O[C@H]2C[C@](C)(N)[C@H](O)[C@H](C)O2)Oc2ccc(cc2Cl)[C@H]1O. The molecule has 13 rings (SSSR count). The number of primary amides is 1. The highest BCUT2D eigenvalue weighted by molar-refractivity contribution is 6.32. The number of phenolic OH excluding ortho intramolecular Hbond substituents is 3. The maximum absolute atomic E-state index is 16.2.